The minimum Gasteiger partial charge on any atom is -0.478 e. The highest BCUT2D eigenvalue weighted by atomic mass is 19.0. The molecule has 4 heteroatoms. The van der Waals surface area contributed by atoms with E-state index in [1.54, 1.807) is 0 Å². The zero-order valence-electron chi connectivity index (χ0n) is 5.02. The molecule has 0 saturated carbocycles. The summed E-state index contributed by atoms with van der Waals surface area (Å²) >= 11 is 0. The summed E-state index contributed by atoms with van der Waals surface area (Å²) in [6.07, 6.45) is 2.90. The first-order valence-electron chi connectivity index (χ1n) is 2.44. The third kappa shape index (κ3) is 1.81. The fourth-order valence-corrected chi connectivity index (χ4v) is 0.494. The van der Waals surface area contributed by atoms with Crippen molar-refractivity contribution in [3.05, 3.63) is 30.1 Å². The van der Waals surface area contributed by atoms with Gasteiger partial charge in [0.15, 0.2) is 0 Å². The standard InChI is InChI=1S/C6H5NO2.FH/c8-6(9)5-1-3-7-4-2-5;/h1-4H,(H,8,9);1H. The highest BCUT2D eigenvalue weighted by Gasteiger charge is 1.97. The van der Waals surface area contributed by atoms with Gasteiger partial charge in [-0.1, -0.05) is 0 Å². The summed E-state index contributed by atoms with van der Waals surface area (Å²) < 4.78 is 0. The first-order valence-corrected chi connectivity index (χ1v) is 2.44. The molecule has 0 amide bonds. The van der Waals surface area contributed by atoms with E-state index in [0.717, 1.165) is 0 Å². The van der Waals surface area contributed by atoms with Gasteiger partial charge in [0, 0.05) is 12.4 Å². The lowest BCUT2D eigenvalue weighted by Crippen LogP contribution is -1.94. The highest BCUT2D eigenvalue weighted by molar-refractivity contribution is 5.87. The van der Waals surface area contributed by atoms with Gasteiger partial charge < -0.3 is 5.11 Å². The van der Waals surface area contributed by atoms with Crippen molar-refractivity contribution in [2.24, 2.45) is 0 Å². The maximum absolute atomic E-state index is 10.2. The van der Waals surface area contributed by atoms with E-state index < -0.39 is 5.97 Å². The molecular formula is C6H6FNO2. The Morgan fingerprint density at radius 3 is 2.20 bits per heavy atom. The molecule has 0 saturated heterocycles. The van der Waals surface area contributed by atoms with Crippen LogP contribution in [0.4, 0.5) is 4.70 Å². The molecule has 0 radical (unpaired) electrons. The molecule has 0 aromatic carbocycles. The molecule has 1 aromatic heterocycles. The zero-order chi connectivity index (χ0) is 6.69. The van der Waals surface area contributed by atoms with Crippen molar-refractivity contribution in [3.8, 4) is 0 Å². The molecule has 0 unspecified atom stereocenters. The molecule has 1 heterocycles. The molecule has 0 aliphatic heterocycles. The van der Waals surface area contributed by atoms with E-state index in [-0.39, 0.29) is 10.3 Å². The van der Waals surface area contributed by atoms with Crippen LogP contribution >= 0.6 is 0 Å². The summed E-state index contributed by atoms with van der Waals surface area (Å²) in [6, 6.07) is 2.89. The van der Waals surface area contributed by atoms with Gasteiger partial charge in [-0.2, -0.15) is 0 Å². The molecule has 0 aliphatic rings. The molecule has 10 heavy (non-hydrogen) atoms. The van der Waals surface area contributed by atoms with E-state index in [4.69, 9.17) is 5.11 Å². The number of pyridine rings is 1. The molecule has 3 nitrogen and oxygen atoms in total. The van der Waals surface area contributed by atoms with Gasteiger partial charge in [0.05, 0.1) is 5.56 Å². The maximum Gasteiger partial charge on any atom is 0.335 e. The summed E-state index contributed by atoms with van der Waals surface area (Å²) in [4.78, 5) is 13.8. The van der Waals surface area contributed by atoms with Crippen molar-refractivity contribution in [1.82, 2.24) is 4.98 Å². The number of hydrogen-bond acceptors (Lipinski definition) is 2. The SMILES string of the molecule is F.O=C(O)c1ccncc1. The van der Waals surface area contributed by atoms with E-state index in [1.165, 1.54) is 24.5 Å². The normalized spacial score (nSPS) is 8.00. The van der Waals surface area contributed by atoms with Crippen LogP contribution in [0, 0.1) is 0 Å². The first kappa shape index (κ1) is 8.55. The van der Waals surface area contributed by atoms with Crippen LogP contribution in [-0.4, -0.2) is 16.1 Å². The summed E-state index contributed by atoms with van der Waals surface area (Å²) in [5.41, 5.74) is 0.269. The van der Waals surface area contributed by atoms with Gasteiger partial charge in [-0.15, -0.1) is 0 Å². The minimum atomic E-state index is -0.919. The monoisotopic (exact) mass is 143 g/mol. The van der Waals surface area contributed by atoms with Crippen LogP contribution in [0.15, 0.2) is 24.5 Å². The predicted molar refractivity (Wildman–Crippen MR) is 33.7 cm³/mol. The molecule has 0 atom stereocenters. The molecule has 0 fully saturated rings. The molecule has 1 N–H and O–H groups in total. The highest BCUT2D eigenvalue weighted by Crippen LogP contribution is 1.93. The van der Waals surface area contributed by atoms with Crippen LogP contribution in [-0.2, 0) is 0 Å². The van der Waals surface area contributed by atoms with Gasteiger partial charge in [-0.05, 0) is 12.1 Å². The van der Waals surface area contributed by atoms with E-state index >= 15 is 0 Å². The van der Waals surface area contributed by atoms with Gasteiger partial charge >= 0.3 is 5.97 Å². The van der Waals surface area contributed by atoms with Crippen molar-refractivity contribution < 1.29 is 14.6 Å². The summed E-state index contributed by atoms with van der Waals surface area (Å²) in [5, 5.41) is 8.36. The molecule has 1 aromatic rings. The van der Waals surface area contributed by atoms with E-state index in [2.05, 4.69) is 4.98 Å². The van der Waals surface area contributed by atoms with Crippen LogP contribution in [0.3, 0.4) is 0 Å². The van der Waals surface area contributed by atoms with Crippen LogP contribution in [0.2, 0.25) is 0 Å². The maximum atomic E-state index is 10.2. The van der Waals surface area contributed by atoms with Crippen LogP contribution in [0.25, 0.3) is 0 Å². The molecule has 0 bridgehead atoms. The van der Waals surface area contributed by atoms with Crippen molar-refractivity contribution in [3.63, 3.8) is 0 Å². The van der Waals surface area contributed by atoms with Crippen molar-refractivity contribution in [2.75, 3.05) is 0 Å². The molecular weight excluding hydrogens is 137 g/mol. The Bertz CT molecular complexity index is 212. The van der Waals surface area contributed by atoms with E-state index in [9.17, 15) is 4.79 Å². The number of carboxylic acid groups (broad SMARTS) is 1. The average Bonchev–Trinajstić information content (AvgIpc) is 1.90. The summed E-state index contributed by atoms with van der Waals surface area (Å²) in [6.45, 7) is 0. The molecule has 0 aliphatic carbocycles. The second kappa shape index (κ2) is 3.55. The van der Waals surface area contributed by atoms with Crippen LogP contribution in [0.1, 0.15) is 10.4 Å². The van der Waals surface area contributed by atoms with Crippen molar-refractivity contribution in [2.45, 2.75) is 0 Å². The molecule has 0 spiro atoms. The quantitative estimate of drug-likeness (QED) is 0.636. The second-order valence-corrected chi connectivity index (χ2v) is 1.54. The Labute approximate surface area is 56.7 Å². The molecule has 54 valence electrons. The Balaban J connectivity index is 0.000000810. The van der Waals surface area contributed by atoms with Gasteiger partial charge in [-0.3, -0.25) is 9.69 Å². The fraction of sp³-hybridized carbons (Fsp3) is 0. The topological polar surface area (TPSA) is 50.2 Å². The largest absolute Gasteiger partial charge is 0.478 e. The van der Waals surface area contributed by atoms with Crippen molar-refractivity contribution >= 4 is 5.97 Å². The number of halogens is 1. The fourth-order valence-electron chi connectivity index (χ4n) is 0.494. The lowest BCUT2D eigenvalue weighted by molar-refractivity contribution is 0.0697. The predicted octanol–water partition coefficient (Wildman–Crippen LogP) is 0.932. The lowest BCUT2D eigenvalue weighted by Gasteiger charge is -1.87. The number of rotatable bonds is 1. The Hall–Kier alpha value is -1.45. The summed E-state index contributed by atoms with van der Waals surface area (Å²) in [5.74, 6) is -0.919. The number of aromatic carboxylic acids is 1. The average molecular weight is 143 g/mol. The van der Waals surface area contributed by atoms with Crippen molar-refractivity contribution in [1.29, 1.82) is 0 Å². The third-order valence-corrected chi connectivity index (χ3v) is 0.927. The van der Waals surface area contributed by atoms with E-state index in [0.29, 0.717) is 0 Å². The van der Waals surface area contributed by atoms with Gasteiger partial charge in [-0.25, -0.2) is 4.79 Å². The van der Waals surface area contributed by atoms with Gasteiger partial charge in [0.2, 0.25) is 0 Å². The van der Waals surface area contributed by atoms with Gasteiger partial charge in [0.1, 0.15) is 0 Å². The summed E-state index contributed by atoms with van der Waals surface area (Å²) in [7, 11) is 0. The van der Waals surface area contributed by atoms with Crippen LogP contribution in [0.5, 0.6) is 0 Å². The number of nitrogens with zero attached hydrogens (tertiary/aromatic N) is 1. The van der Waals surface area contributed by atoms with Crippen LogP contribution < -0.4 is 0 Å². The number of aromatic nitrogens is 1. The smallest absolute Gasteiger partial charge is 0.335 e. The lowest BCUT2D eigenvalue weighted by atomic mass is 10.3. The minimum absolute atomic E-state index is 0. The van der Waals surface area contributed by atoms with Gasteiger partial charge in [0.25, 0.3) is 0 Å². The Kier molecular flexibility index (Phi) is 3.04. The first-order chi connectivity index (χ1) is 4.30. The number of carboxylic acids is 1. The molecule has 1 rings (SSSR count). The third-order valence-electron chi connectivity index (χ3n) is 0.927. The zero-order valence-corrected chi connectivity index (χ0v) is 5.02. The number of hydrogen-bond donors (Lipinski definition) is 1. The van der Waals surface area contributed by atoms with E-state index in [1.807, 2.05) is 0 Å². The Morgan fingerprint density at radius 2 is 1.90 bits per heavy atom. The second-order valence-electron chi connectivity index (χ2n) is 1.54. The Morgan fingerprint density at radius 1 is 1.40 bits per heavy atom. The number of carbonyl (C=O) groups is 1.